The first kappa shape index (κ1) is 13.0. The summed E-state index contributed by atoms with van der Waals surface area (Å²) in [5.41, 5.74) is 0.815. The van der Waals surface area contributed by atoms with Crippen LogP contribution in [0.1, 0.15) is 12.1 Å². The molecule has 1 unspecified atom stereocenters. The molecule has 0 aromatic carbocycles. The third-order valence-corrected chi connectivity index (χ3v) is 3.86. The molecule has 0 spiro atoms. The number of nitrogens with two attached hydrogens (primary N) is 1. The lowest BCUT2D eigenvalue weighted by Crippen LogP contribution is -2.28. The molecule has 0 aliphatic carbocycles. The van der Waals surface area contributed by atoms with E-state index in [0.717, 1.165) is 5.69 Å². The number of aryl methyl sites for hydroxylation is 2. The molecular formula is C10H16N4O3S. The number of hydrogen-bond acceptors (Lipinski definition) is 4. The van der Waals surface area contributed by atoms with Gasteiger partial charge in [-0.1, -0.05) is 0 Å². The molecule has 7 nitrogen and oxygen atoms in total. The minimum Gasteiger partial charge on any atom is -0.297 e. The van der Waals surface area contributed by atoms with Crippen LogP contribution in [0.5, 0.6) is 0 Å². The number of carbonyl (C=O) groups is 1. The van der Waals surface area contributed by atoms with Gasteiger partial charge in [0.2, 0.25) is 15.9 Å². The van der Waals surface area contributed by atoms with Gasteiger partial charge in [0.1, 0.15) is 5.82 Å². The van der Waals surface area contributed by atoms with E-state index in [9.17, 15) is 13.2 Å². The Balaban J connectivity index is 2.17. The van der Waals surface area contributed by atoms with Gasteiger partial charge in [0, 0.05) is 32.0 Å². The highest BCUT2D eigenvalue weighted by Gasteiger charge is 2.34. The zero-order chi connectivity index (χ0) is 13.5. The number of nitrogens with zero attached hydrogens (tertiary/aromatic N) is 3. The first-order valence-corrected chi connectivity index (χ1v) is 7.29. The van der Waals surface area contributed by atoms with Crippen molar-refractivity contribution < 1.29 is 13.2 Å². The van der Waals surface area contributed by atoms with Crippen molar-refractivity contribution in [3.05, 3.63) is 11.8 Å². The monoisotopic (exact) mass is 272 g/mol. The molecule has 2 rings (SSSR count). The molecule has 1 saturated heterocycles. The Morgan fingerprint density at radius 2 is 2.22 bits per heavy atom. The summed E-state index contributed by atoms with van der Waals surface area (Å²) < 4.78 is 23.7. The maximum absolute atomic E-state index is 11.9. The number of amides is 1. The average Bonchev–Trinajstić information content (AvgIpc) is 2.67. The first-order chi connectivity index (χ1) is 8.26. The molecular weight excluding hydrogens is 256 g/mol. The number of carbonyl (C=O) groups excluding carboxylic acids is 1. The van der Waals surface area contributed by atoms with Gasteiger partial charge < -0.3 is 0 Å². The van der Waals surface area contributed by atoms with E-state index < -0.39 is 10.0 Å². The molecule has 1 aliphatic rings. The summed E-state index contributed by atoms with van der Waals surface area (Å²) in [5.74, 6) is 0.190. The lowest BCUT2D eigenvalue weighted by molar-refractivity contribution is -0.117. The van der Waals surface area contributed by atoms with Crippen LogP contribution in [0.4, 0.5) is 5.82 Å². The van der Waals surface area contributed by atoms with Gasteiger partial charge in [-0.3, -0.25) is 14.4 Å². The van der Waals surface area contributed by atoms with Gasteiger partial charge in [-0.05, 0) is 6.92 Å². The molecule has 1 aromatic heterocycles. The third-order valence-electron chi connectivity index (χ3n) is 2.93. The van der Waals surface area contributed by atoms with E-state index in [1.165, 1.54) is 0 Å². The zero-order valence-electron chi connectivity index (χ0n) is 10.3. The summed E-state index contributed by atoms with van der Waals surface area (Å²) in [4.78, 5) is 13.4. The first-order valence-electron chi connectivity index (χ1n) is 5.58. The van der Waals surface area contributed by atoms with Crippen molar-refractivity contribution in [1.29, 1.82) is 0 Å². The number of sulfonamides is 1. The topological polar surface area (TPSA) is 98.3 Å². The summed E-state index contributed by atoms with van der Waals surface area (Å²) in [6.45, 7) is 2.21. The Bertz CT molecular complexity index is 578. The van der Waals surface area contributed by atoms with Crippen LogP contribution in [0.25, 0.3) is 0 Å². The standard InChI is InChI=1S/C10H16N4O3S/c1-7-3-9(13(2)12-7)14-5-8(4-10(14)15)6-18(11,16)17/h3,8H,4-6H2,1-2H3,(H2,11,16,17). The molecule has 1 aliphatic heterocycles. The van der Waals surface area contributed by atoms with Crippen molar-refractivity contribution in [3.63, 3.8) is 0 Å². The van der Waals surface area contributed by atoms with Crippen molar-refractivity contribution in [1.82, 2.24) is 9.78 Å². The molecule has 8 heteroatoms. The Hall–Kier alpha value is -1.41. The quantitative estimate of drug-likeness (QED) is 0.792. The fourth-order valence-corrected chi connectivity index (χ4v) is 3.17. The summed E-state index contributed by atoms with van der Waals surface area (Å²) in [6, 6.07) is 1.80. The molecule has 1 aromatic rings. The Kier molecular flexibility index (Phi) is 3.16. The van der Waals surface area contributed by atoms with Gasteiger partial charge in [-0.15, -0.1) is 0 Å². The molecule has 1 fully saturated rings. The second kappa shape index (κ2) is 4.36. The van der Waals surface area contributed by atoms with Crippen LogP contribution < -0.4 is 10.0 Å². The molecule has 2 N–H and O–H groups in total. The van der Waals surface area contributed by atoms with Crippen molar-refractivity contribution in [2.24, 2.45) is 18.1 Å². The number of rotatable bonds is 3. The molecule has 0 bridgehead atoms. The van der Waals surface area contributed by atoms with E-state index in [-0.39, 0.29) is 24.0 Å². The minimum absolute atomic E-state index is 0.0911. The molecule has 0 saturated carbocycles. The molecule has 1 atom stereocenters. The van der Waals surface area contributed by atoms with E-state index in [1.54, 1.807) is 22.7 Å². The molecule has 100 valence electrons. The summed E-state index contributed by atoms with van der Waals surface area (Å²) in [6.07, 6.45) is 0.209. The third kappa shape index (κ3) is 2.70. The van der Waals surface area contributed by atoms with Gasteiger partial charge in [-0.2, -0.15) is 5.10 Å². The summed E-state index contributed by atoms with van der Waals surface area (Å²) in [7, 11) is -1.79. The second-order valence-electron chi connectivity index (χ2n) is 4.67. The van der Waals surface area contributed by atoms with Gasteiger partial charge in [0.15, 0.2) is 0 Å². The van der Waals surface area contributed by atoms with Crippen LogP contribution in [0.15, 0.2) is 6.07 Å². The van der Waals surface area contributed by atoms with Crippen molar-refractivity contribution >= 4 is 21.7 Å². The SMILES string of the molecule is Cc1cc(N2CC(CS(N)(=O)=O)CC2=O)n(C)n1. The van der Waals surface area contributed by atoms with Crippen molar-refractivity contribution in [2.45, 2.75) is 13.3 Å². The number of anilines is 1. The predicted molar refractivity (Wildman–Crippen MR) is 66.4 cm³/mol. The van der Waals surface area contributed by atoms with Gasteiger partial charge in [-0.25, -0.2) is 13.6 Å². The maximum Gasteiger partial charge on any atom is 0.228 e. The highest BCUT2D eigenvalue weighted by Crippen LogP contribution is 2.25. The van der Waals surface area contributed by atoms with Crippen molar-refractivity contribution in [2.75, 3.05) is 17.2 Å². The van der Waals surface area contributed by atoms with Crippen LogP contribution in [-0.2, 0) is 21.9 Å². The Labute approximate surface area is 106 Å². The normalized spacial score (nSPS) is 20.7. The lowest BCUT2D eigenvalue weighted by Gasteiger charge is -2.16. The van der Waals surface area contributed by atoms with Crippen LogP contribution in [0, 0.1) is 12.8 Å². The van der Waals surface area contributed by atoms with Gasteiger partial charge >= 0.3 is 0 Å². The predicted octanol–water partition coefficient (Wildman–Crippen LogP) is -0.630. The Morgan fingerprint density at radius 3 is 2.72 bits per heavy atom. The van der Waals surface area contributed by atoms with Crippen LogP contribution >= 0.6 is 0 Å². The number of primary sulfonamides is 1. The fourth-order valence-electron chi connectivity index (χ4n) is 2.29. The van der Waals surface area contributed by atoms with Crippen LogP contribution in [0.2, 0.25) is 0 Å². The summed E-state index contributed by atoms with van der Waals surface area (Å²) in [5, 5.41) is 9.17. The largest absolute Gasteiger partial charge is 0.297 e. The van der Waals surface area contributed by atoms with Crippen molar-refractivity contribution in [3.8, 4) is 0 Å². The molecule has 2 heterocycles. The van der Waals surface area contributed by atoms with E-state index >= 15 is 0 Å². The molecule has 18 heavy (non-hydrogen) atoms. The maximum atomic E-state index is 11.9. The fraction of sp³-hybridized carbons (Fsp3) is 0.600. The van der Waals surface area contributed by atoms with Gasteiger partial charge in [0.05, 0.1) is 11.4 Å². The smallest absolute Gasteiger partial charge is 0.228 e. The summed E-state index contributed by atoms with van der Waals surface area (Å²) >= 11 is 0. The highest BCUT2D eigenvalue weighted by atomic mass is 32.2. The second-order valence-corrected chi connectivity index (χ2v) is 6.33. The zero-order valence-corrected chi connectivity index (χ0v) is 11.1. The van der Waals surface area contributed by atoms with Crippen LogP contribution in [0.3, 0.4) is 0 Å². The van der Waals surface area contributed by atoms with E-state index in [0.29, 0.717) is 12.4 Å². The van der Waals surface area contributed by atoms with E-state index in [2.05, 4.69) is 5.10 Å². The lowest BCUT2D eigenvalue weighted by atomic mass is 10.1. The highest BCUT2D eigenvalue weighted by molar-refractivity contribution is 7.89. The average molecular weight is 272 g/mol. The van der Waals surface area contributed by atoms with Crippen LogP contribution in [-0.4, -0.2) is 36.4 Å². The number of hydrogen-bond donors (Lipinski definition) is 1. The van der Waals surface area contributed by atoms with E-state index in [4.69, 9.17) is 5.14 Å². The molecule has 1 amide bonds. The van der Waals surface area contributed by atoms with E-state index in [1.807, 2.05) is 6.92 Å². The Morgan fingerprint density at radius 1 is 1.56 bits per heavy atom. The van der Waals surface area contributed by atoms with Gasteiger partial charge in [0.25, 0.3) is 0 Å². The minimum atomic E-state index is -3.54. The number of aromatic nitrogens is 2. The molecule has 0 radical (unpaired) electrons.